The van der Waals surface area contributed by atoms with Gasteiger partial charge in [0.15, 0.2) is 0 Å². The third-order valence-electron chi connectivity index (χ3n) is 10.9. The lowest BCUT2D eigenvalue weighted by molar-refractivity contribution is -0.173. The first-order valence-corrected chi connectivity index (χ1v) is 12.8. The minimum Gasteiger partial charge on any atom is -0.393 e. The van der Waals surface area contributed by atoms with E-state index in [2.05, 4.69) is 13.8 Å². The number of rotatable bonds is 3. The van der Waals surface area contributed by atoms with E-state index in [-0.39, 0.29) is 47.7 Å². The van der Waals surface area contributed by atoms with Crippen LogP contribution in [0.2, 0.25) is 0 Å². The Morgan fingerprint density at radius 2 is 1.52 bits per heavy atom. The van der Waals surface area contributed by atoms with Crippen molar-refractivity contribution < 1.29 is 33.4 Å². The van der Waals surface area contributed by atoms with Crippen LogP contribution in [0, 0.1) is 58.2 Å². The van der Waals surface area contributed by atoms with E-state index >= 15 is 0 Å². The van der Waals surface area contributed by atoms with Gasteiger partial charge < -0.3 is 9.47 Å². The molecule has 2 bridgehead atoms. The average molecular weight is 457 g/mol. The quantitative estimate of drug-likeness (QED) is 0.474. The lowest BCUT2D eigenvalue weighted by Crippen LogP contribution is -2.62. The third kappa shape index (κ3) is 2.44. The molecular weight excluding hydrogens is 424 g/mol. The Bertz CT molecular complexity index is 952. The van der Waals surface area contributed by atoms with E-state index in [4.69, 9.17) is 9.47 Å². The molecule has 4 aliphatic carbocycles. The molecule has 4 saturated carbocycles. The molecule has 0 amide bonds. The van der Waals surface area contributed by atoms with E-state index in [0.29, 0.717) is 6.42 Å². The summed E-state index contributed by atoms with van der Waals surface area (Å²) >= 11 is 0. The largest absolute Gasteiger partial charge is 0.393 e. The molecule has 6 aliphatic rings. The molecule has 10 unspecified atom stereocenters. The Morgan fingerprint density at radius 3 is 2.18 bits per heavy atom. The summed E-state index contributed by atoms with van der Waals surface area (Å²) in [5.41, 5.74) is -1.29. The summed E-state index contributed by atoms with van der Waals surface area (Å²) in [5, 5.41) is 0. The van der Waals surface area contributed by atoms with E-state index < -0.39 is 46.5 Å². The van der Waals surface area contributed by atoms with Gasteiger partial charge in [-0.2, -0.15) is 0 Å². The summed E-state index contributed by atoms with van der Waals surface area (Å²) < 4.78 is 9.97. The standard InChI is InChI=1S/C26H32O7/c1-3-13-9-14(4-2)26(11-12-8-17(26)20-19(12)22(29)33-23(20)30)24(31)25(13)7-5-6-16(25)15-10-18(27)32-21(15)28/h12-17,19-20H,3-11H2,1-2H3. The van der Waals surface area contributed by atoms with Crippen LogP contribution < -0.4 is 0 Å². The number of cyclic esters (lactones) is 4. The molecule has 0 N–H and O–H groups in total. The maximum atomic E-state index is 15.0. The van der Waals surface area contributed by atoms with Crippen LogP contribution in [0.4, 0.5) is 0 Å². The number of carbonyl (C=O) groups is 5. The van der Waals surface area contributed by atoms with Crippen molar-refractivity contribution in [3.8, 4) is 0 Å². The molecule has 10 atom stereocenters. The van der Waals surface area contributed by atoms with Gasteiger partial charge in [0, 0.05) is 10.8 Å². The number of Topliss-reactive ketones (excluding diaryl/α,β-unsaturated/α-hetero) is 1. The van der Waals surface area contributed by atoms with Crippen molar-refractivity contribution in [2.45, 2.75) is 71.6 Å². The fraction of sp³-hybridized carbons (Fsp3) is 0.808. The molecule has 7 heteroatoms. The lowest BCUT2D eigenvalue weighted by atomic mass is 9.43. The van der Waals surface area contributed by atoms with Gasteiger partial charge in [0.05, 0.1) is 24.2 Å². The second-order valence-electron chi connectivity index (χ2n) is 11.6. The molecule has 33 heavy (non-hydrogen) atoms. The second kappa shape index (κ2) is 6.98. The Balaban J connectivity index is 1.46. The number of fused-ring (bicyclic) bond motifs is 6. The van der Waals surface area contributed by atoms with Gasteiger partial charge in [-0.25, -0.2) is 0 Å². The minimum absolute atomic E-state index is 0.0186. The van der Waals surface area contributed by atoms with E-state index in [9.17, 15) is 24.0 Å². The number of ether oxygens (including phenoxy) is 2. The van der Waals surface area contributed by atoms with Crippen LogP contribution in [-0.4, -0.2) is 29.7 Å². The van der Waals surface area contributed by atoms with Gasteiger partial charge in [0.2, 0.25) is 0 Å². The first-order chi connectivity index (χ1) is 15.8. The summed E-state index contributed by atoms with van der Waals surface area (Å²) in [6.07, 6.45) is 6.41. The van der Waals surface area contributed by atoms with Crippen molar-refractivity contribution in [1.82, 2.24) is 0 Å². The predicted octanol–water partition coefficient (Wildman–Crippen LogP) is 3.23. The van der Waals surface area contributed by atoms with Crippen LogP contribution in [0.1, 0.15) is 71.6 Å². The highest BCUT2D eigenvalue weighted by molar-refractivity contribution is 6.01. The molecule has 178 valence electrons. The van der Waals surface area contributed by atoms with E-state index in [1.807, 2.05) is 0 Å². The molecule has 2 spiro atoms. The SMILES string of the molecule is CCC1CC(CC)C2(CC3CC2C2C(=O)OC(=O)C32)C(=O)C12CCCC2C1CC(=O)OC1=O. The Kier molecular flexibility index (Phi) is 4.55. The molecule has 0 aromatic carbocycles. The average Bonchev–Trinajstić information content (AvgIpc) is 3.57. The molecule has 6 fully saturated rings. The molecule has 6 rings (SSSR count). The Labute approximate surface area is 193 Å². The van der Waals surface area contributed by atoms with Crippen molar-refractivity contribution in [2.75, 3.05) is 0 Å². The summed E-state index contributed by atoms with van der Waals surface area (Å²) in [4.78, 5) is 64.7. The van der Waals surface area contributed by atoms with Crippen LogP contribution in [0.3, 0.4) is 0 Å². The molecule has 0 radical (unpaired) electrons. The zero-order valence-electron chi connectivity index (χ0n) is 19.3. The summed E-state index contributed by atoms with van der Waals surface area (Å²) in [7, 11) is 0. The van der Waals surface area contributed by atoms with Crippen LogP contribution in [-0.2, 0) is 33.4 Å². The molecule has 2 aliphatic heterocycles. The smallest absolute Gasteiger partial charge is 0.317 e. The Hall–Kier alpha value is -2.05. The zero-order valence-corrected chi connectivity index (χ0v) is 19.3. The topological polar surface area (TPSA) is 104 Å². The number of hydrogen-bond donors (Lipinski definition) is 0. The fourth-order valence-electron chi connectivity index (χ4n) is 9.94. The van der Waals surface area contributed by atoms with E-state index in [1.54, 1.807) is 0 Å². The molecule has 2 saturated heterocycles. The van der Waals surface area contributed by atoms with Crippen molar-refractivity contribution >= 4 is 29.7 Å². The number of ketones is 1. The highest BCUT2D eigenvalue weighted by Crippen LogP contribution is 2.73. The highest BCUT2D eigenvalue weighted by Gasteiger charge is 2.76. The van der Waals surface area contributed by atoms with E-state index in [0.717, 1.165) is 44.9 Å². The van der Waals surface area contributed by atoms with Crippen LogP contribution in [0.5, 0.6) is 0 Å². The predicted molar refractivity (Wildman–Crippen MR) is 113 cm³/mol. The molecule has 7 nitrogen and oxygen atoms in total. The maximum absolute atomic E-state index is 15.0. The van der Waals surface area contributed by atoms with Gasteiger partial charge in [-0.1, -0.05) is 33.1 Å². The summed E-state index contributed by atoms with van der Waals surface area (Å²) in [6, 6.07) is 0. The van der Waals surface area contributed by atoms with Crippen LogP contribution in [0.25, 0.3) is 0 Å². The zero-order chi connectivity index (χ0) is 23.3. The number of esters is 4. The summed E-state index contributed by atoms with van der Waals surface area (Å²) in [6.45, 7) is 4.26. The van der Waals surface area contributed by atoms with Gasteiger partial charge in [0.25, 0.3) is 0 Å². The van der Waals surface area contributed by atoms with Gasteiger partial charge in [-0.3, -0.25) is 24.0 Å². The minimum atomic E-state index is -0.652. The lowest BCUT2D eigenvalue weighted by Gasteiger charge is -2.58. The van der Waals surface area contributed by atoms with Gasteiger partial charge >= 0.3 is 23.9 Å². The fourth-order valence-corrected chi connectivity index (χ4v) is 9.94. The maximum Gasteiger partial charge on any atom is 0.317 e. The molecule has 0 aromatic heterocycles. The van der Waals surface area contributed by atoms with Gasteiger partial charge in [-0.15, -0.1) is 0 Å². The molecular formula is C26H32O7. The highest BCUT2D eigenvalue weighted by atomic mass is 16.6. The van der Waals surface area contributed by atoms with Crippen LogP contribution >= 0.6 is 0 Å². The second-order valence-corrected chi connectivity index (χ2v) is 11.6. The number of hydrogen-bond acceptors (Lipinski definition) is 7. The van der Waals surface area contributed by atoms with Gasteiger partial charge in [-0.05, 0) is 61.7 Å². The molecule has 2 heterocycles. The van der Waals surface area contributed by atoms with Crippen molar-refractivity contribution in [3.05, 3.63) is 0 Å². The van der Waals surface area contributed by atoms with E-state index in [1.165, 1.54) is 0 Å². The Morgan fingerprint density at radius 1 is 0.818 bits per heavy atom. The van der Waals surface area contributed by atoms with Crippen molar-refractivity contribution in [3.63, 3.8) is 0 Å². The first kappa shape index (κ1) is 21.5. The monoisotopic (exact) mass is 456 g/mol. The normalized spacial score (nSPS) is 50.5. The first-order valence-electron chi connectivity index (χ1n) is 12.8. The van der Waals surface area contributed by atoms with Gasteiger partial charge in [0.1, 0.15) is 5.78 Å². The third-order valence-corrected chi connectivity index (χ3v) is 10.9. The summed E-state index contributed by atoms with van der Waals surface area (Å²) in [5.74, 6) is -3.01. The number of carbonyl (C=O) groups excluding carboxylic acids is 5. The molecule has 0 aromatic rings. The van der Waals surface area contributed by atoms with Crippen molar-refractivity contribution in [1.29, 1.82) is 0 Å². The van der Waals surface area contributed by atoms with Crippen molar-refractivity contribution in [2.24, 2.45) is 58.2 Å². The van der Waals surface area contributed by atoms with Crippen LogP contribution in [0.15, 0.2) is 0 Å².